The highest BCUT2D eigenvalue weighted by atomic mass is 16.3. The molecule has 0 saturated carbocycles. The van der Waals surface area contributed by atoms with E-state index in [4.69, 9.17) is 0 Å². The lowest BCUT2D eigenvalue weighted by Gasteiger charge is -2.24. The van der Waals surface area contributed by atoms with Crippen molar-refractivity contribution in [1.82, 2.24) is 4.57 Å². The number of aromatic nitrogens is 1. The molecular weight excluding hydrogens is 406 g/mol. The lowest BCUT2D eigenvalue weighted by atomic mass is 9.86. The predicted molar refractivity (Wildman–Crippen MR) is 126 cm³/mol. The molecule has 1 aromatic rings. The van der Waals surface area contributed by atoms with Gasteiger partial charge in [-0.1, -0.05) is 27.7 Å². The van der Waals surface area contributed by atoms with Crippen molar-refractivity contribution in [1.29, 1.82) is 0 Å². The number of rotatable bonds is 8. The van der Waals surface area contributed by atoms with Crippen LogP contribution in [0.15, 0.2) is 41.2 Å². The third-order valence-corrected chi connectivity index (χ3v) is 6.91. The van der Waals surface area contributed by atoms with Crippen LogP contribution in [0.2, 0.25) is 0 Å². The maximum atomic E-state index is 13.3. The van der Waals surface area contributed by atoms with Gasteiger partial charge < -0.3 is 14.8 Å². The fourth-order valence-electron chi connectivity index (χ4n) is 4.26. The van der Waals surface area contributed by atoms with Gasteiger partial charge in [-0.05, 0) is 67.5 Å². The third-order valence-electron chi connectivity index (χ3n) is 6.91. The molecule has 3 rings (SSSR count). The number of hydrogen-bond acceptors (Lipinski definition) is 5. The van der Waals surface area contributed by atoms with E-state index in [1.807, 2.05) is 11.6 Å². The molecule has 1 aliphatic carbocycles. The Bertz CT molecular complexity index is 1210. The van der Waals surface area contributed by atoms with E-state index in [0.717, 1.165) is 5.52 Å². The molecule has 0 atom stereocenters. The van der Waals surface area contributed by atoms with Gasteiger partial charge in [-0.3, -0.25) is 14.4 Å². The number of ketones is 2. The third kappa shape index (κ3) is 3.67. The summed E-state index contributed by atoms with van der Waals surface area (Å²) in [5.41, 5.74) is -1.32. The standard InChI is InChI=1S/C26H31NO5/c1-6-25(31,7-2)23(29)16-10-12-20-17(14-16)15-19-21(27(20)5)13-11-18(22(19)28)24(30)26(32,8-3)9-4/h10-15,31-32H,6-9H2,1-5H3. The largest absolute Gasteiger partial charge is 0.382 e. The second-order valence-corrected chi connectivity index (χ2v) is 8.49. The summed E-state index contributed by atoms with van der Waals surface area (Å²) in [6.07, 6.45) is 1.04. The van der Waals surface area contributed by atoms with Crippen LogP contribution in [0.3, 0.4) is 0 Å². The number of fused-ring (bicyclic) bond motifs is 2. The van der Waals surface area contributed by atoms with Crippen molar-refractivity contribution in [2.75, 3.05) is 0 Å². The first kappa shape index (κ1) is 23.8. The summed E-state index contributed by atoms with van der Waals surface area (Å²) in [7, 11) is 1.82. The summed E-state index contributed by atoms with van der Waals surface area (Å²) < 4.78 is 1.84. The molecule has 1 aliphatic heterocycles. The van der Waals surface area contributed by atoms with Crippen LogP contribution < -0.4 is 5.43 Å². The van der Waals surface area contributed by atoms with Gasteiger partial charge in [0.15, 0.2) is 17.0 Å². The normalized spacial score (nSPS) is 12.5. The summed E-state index contributed by atoms with van der Waals surface area (Å²) in [5.74, 6) is -0.925. The molecule has 0 bridgehead atoms. The molecule has 0 amide bonds. The highest BCUT2D eigenvalue weighted by molar-refractivity contribution is 6.06. The first-order valence-electron chi connectivity index (χ1n) is 11.2. The maximum Gasteiger partial charge on any atom is 0.198 e. The molecule has 2 N–H and O–H groups in total. The van der Waals surface area contributed by atoms with Gasteiger partial charge in [-0.25, -0.2) is 0 Å². The first-order chi connectivity index (χ1) is 15.1. The van der Waals surface area contributed by atoms with Crippen molar-refractivity contribution >= 4 is 22.5 Å². The Kier molecular flexibility index (Phi) is 6.40. The summed E-state index contributed by atoms with van der Waals surface area (Å²) >= 11 is 0. The molecule has 0 fully saturated rings. The zero-order valence-electron chi connectivity index (χ0n) is 19.4. The van der Waals surface area contributed by atoms with Crippen molar-refractivity contribution < 1.29 is 19.8 Å². The number of benzene rings is 2. The zero-order valence-corrected chi connectivity index (χ0v) is 19.4. The highest BCUT2D eigenvalue weighted by Crippen LogP contribution is 2.30. The van der Waals surface area contributed by atoms with Gasteiger partial charge in [-0.2, -0.15) is 0 Å². The van der Waals surface area contributed by atoms with E-state index in [2.05, 4.69) is 0 Å². The lowest BCUT2D eigenvalue weighted by Crippen LogP contribution is -2.40. The summed E-state index contributed by atoms with van der Waals surface area (Å²) in [6, 6.07) is 10.0. The van der Waals surface area contributed by atoms with Gasteiger partial charge in [0, 0.05) is 23.7 Å². The second-order valence-electron chi connectivity index (χ2n) is 8.49. The van der Waals surface area contributed by atoms with Crippen LogP contribution in [0.25, 0.3) is 22.2 Å². The van der Waals surface area contributed by atoms with E-state index in [1.54, 1.807) is 58.0 Å². The Balaban J connectivity index is 2.24. The van der Waals surface area contributed by atoms with E-state index in [0.29, 0.717) is 35.0 Å². The molecule has 170 valence electrons. The van der Waals surface area contributed by atoms with Gasteiger partial charge >= 0.3 is 0 Å². The van der Waals surface area contributed by atoms with Crippen LogP contribution in [0.4, 0.5) is 0 Å². The number of carbonyl (C=O) groups is 2. The molecule has 0 radical (unpaired) electrons. The molecule has 6 nitrogen and oxygen atoms in total. The number of nitrogens with zero attached hydrogens (tertiary/aromatic N) is 1. The van der Waals surface area contributed by atoms with Crippen LogP contribution in [0, 0.1) is 0 Å². The Morgan fingerprint density at radius 1 is 0.844 bits per heavy atom. The SMILES string of the molecule is CCC(O)(CC)C(=O)c1ccc2c(c1)cc1c(=O)c(C(=O)C(O)(CC)CC)ccc-1n2C. The smallest absolute Gasteiger partial charge is 0.198 e. The Morgan fingerprint density at radius 3 is 1.97 bits per heavy atom. The van der Waals surface area contributed by atoms with E-state index < -0.39 is 22.4 Å². The summed E-state index contributed by atoms with van der Waals surface area (Å²) in [5, 5.41) is 21.9. The molecule has 32 heavy (non-hydrogen) atoms. The summed E-state index contributed by atoms with van der Waals surface area (Å²) in [4.78, 5) is 39.1. The molecular formula is C26H31NO5. The minimum Gasteiger partial charge on any atom is -0.382 e. The van der Waals surface area contributed by atoms with Gasteiger partial charge in [0.1, 0.15) is 11.2 Å². The quantitative estimate of drug-likeness (QED) is 0.408. The van der Waals surface area contributed by atoms with Crippen LogP contribution >= 0.6 is 0 Å². The number of Topliss-reactive ketones (excluding diaryl/α,β-unsaturated/α-hetero) is 2. The molecule has 1 aromatic carbocycles. The number of pyridine rings is 1. The monoisotopic (exact) mass is 437 g/mol. The van der Waals surface area contributed by atoms with Gasteiger partial charge in [-0.15, -0.1) is 0 Å². The number of aliphatic hydroxyl groups is 2. The highest BCUT2D eigenvalue weighted by Gasteiger charge is 2.35. The van der Waals surface area contributed by atoms with Crippen LogP contribution in [-0.4, -0.2) is 37.5 Å². The minimum atomic E-state index is -1.57. The van der Waals surface area contributed by atoms with Gasteiger partial charge in [0.25, 0.3) is 0 Å². The first-order valence-corrected chi connectivity index (χ1v) is 11.2. The Morgan fingerprint density at radius 2 is 1.41 bits per heavy atom. The Labute approximate surface area is 187 Å². The van der Waals surface area contributed by atoms with E-state index >= 15 is 0 Å². The summed E-state index contributed by atoms with van der Waals surface area (Å²) in [6.45, 7) is 6.97. The molecule has 2 aliphatic rings. The van der Waals surface area contributed by atoms with E-state index in [9.17, 15) is 24.6 Å². The Hall–Kier alpha value is -2.83. The topological polar surface area (TPSA) is 96.6 Å². The van der Waals surface area contributed by atoms with Crippen molar-refractivity contribution in [2.45, 2.75) is 64.6 Å². The average Bonchev–Trinajstić information content (AvgIpc) is 2.82. The number of hydrogen-bond donors (Lipinski definition) is 2. The van der Waals surface area contributed by atoms with Crippen molar-refractivity contribution in [3.8, 4) is 11.3 Å². The van der Waals surface area contributed by atoms with Crippen molar-refractivity contribution in [3.63, 3.8) is 0 Å². The second kappa shape index (κ2) is 8.60. The fraction of sp³-hybridized carbons (Fsp3) is 0.423. The maximum absolute atomic E-state index is 13.3. The van der Waals surface area contributed by atoms with Gasteiger partial charge in [0.05, 0.1) is 11.3 Å². The molecule has 6 heteroatoms. The average molecular weight is 438 g/mol. The lowest BCUT2D eigenvalue weighted by molar-refractivity contribution is 0.0276. The van der Waals surface area contributed by atoms with Crippen molar-refractivity contribution in [3.05, 3.63) is 57.7 Å². The number of aryl methyl sites for hydroxylation is 1. The fourth-order valence-corrected chi connectivity index (χ4v) is 4.26. The van der Waals surface area contributed by atoms with Gasteiger partial charge in [0.2, 0.25) is 0 Å². The van der Waals surface area contributed by atoms with Crippen LogP contribution in [0.1, 0.15) is 74.1 Å². The van der Waals surface area contributed by atoms with Crippen LogP contribution in [0.5, 0.6) is 0 Å². The molecule has 1 heterocycles. The van der Waals surface area contributed by atoms with Crippen molar-refractivity contribution in [2.24, 2.45) is 7.05 Å². The van der Waals surface area contributed by atoms with E-state index in [1.165, 1.54) is 6.07 Å². The van der Waals surface area contributed by atoms with Crippen LogP contribution in [-0.2, 0) is 7.05 Å². The molecule has 0 spiro atoms. The predicted octanol–water partition coefficient (Wildman–Crippen LogP) is 4.11. The zero-order chi connectivity index (χ0) is 23.8. The molecule has 0 saturated heterocycles. The minimum absolute atomic E-state index is 0.0402. The van der Waals surface area contributed by atoms with E-state index in [-0.39, 0.29) is 24.2 Å². The number of carbonyl (C=O) groups excluding carboxylic acids is 2. The molecule has 0 aromatic heterocycles. The molecule has 0 unspecified atom stereocenters.